The molecule has 2 aromatic rings. The first-order chi connectivity index (χ1) is 10.9. The van der Waals surface area contributed by atoms with Gasteiger partial charge in [-0.15, -0.1) is 0 Å². The number of sulfone groups is 1. The largest absolute Gasteiger partial charge is 0.383 e. The Morgan fingerprint density at radius 2 is 1.87 bits per heavy atom. The molecule has 0 unspecified atom stereocenters. The first-order valence-corrected chi connectivity index (χ1v) is 8.78. The van der Waals surface area contributed by atoms with Crippen LogP contribution in [0.2, 0.25) is 0 Å². The number of halogens is 1. The molecule has 1 saturated carbocycles. The molecule has 4 nitrogen and oxygen atoms in total. The molecule has 6 heteroatoms. The Labute approximate surface area is 135 Å². The fourth-order valence-electron chi connectivity index (χ4n) is 3.25. The van der Waals surface area contributed by atoms with Crippen molar-refractivity contribution in [2.45, 2.75) is 21.6 Å². The van der Waals surface area contributed by atoms with Crippen LogP contribution in [0.1, 0.15) is 11.5 Å². The minimum absolute atomic E-state index is 0.0882. The molecule has 122 valence electrons. The lowest BCUT2D eigenvalue weighted by atomic mass is 10.1. The molecule has 3 rings (SSSR count). The van der Waals surface area contributed by atoms with Crippen molar-refractivity contribution in [3.05, 3.63) is 66.0 Å². The molecule has 2 N–H and O–H groups in total. The third-order valence-corrected chi connectivity index (χ3v) is 6.62. The summed E-state index contributed by atoms with van der Waals surface area (Å²) in [5.74, 6) is -0.909. The van der Waals surface area contributed by atoms with Crippen LogP contribution < -0.4 is 5.73 Å². The van der Waals surface area contributed by atoms with Gasteiger partial charge in [-0.25, -0.2) is 12.8 Å². The van der Waals surface area contributed by atoms with Gasteiger partial charge in [0.1, 0.15) is 5.82 Å². The van der Waals surface area contributed by atoms with Crippen LogP contribution >= 0.6 is 0 Å². The minimum Gasteiger partial charge on any atom is -0.383 e. The molecule has 2 aromatic carbocycles. The third kappa shape index (κ3) is 2.67. The maximum atomic E-state index is 13.5. The predicted octanol–water partition coefficient (Wildman–Crippen LogP) is 2.11. The average molecular weight is 335 g/mol. The van der Waals surface area contributed by atoms with Gasteiger partial charge in [0.2, 0.25) is 0 Å². The fourth-order valence-corrected chi connectivity index (χ4v) is 5.57. The van der Waals surface area contributed by atoms with E-state index in [1.807, 2.05) is 0 Å². The molecule has 0 amide bonds. The van der Waals surface area contributed by atoms with E-state index in [1.165, 1.54) is 19.2 Å². The van der Waals surface area contributed by atoms with E-state index in [-0.39, 0.29) is 11.5 Å². The Morgan fingerprint density at radius 1 is 1.17 bits per heavy atom. The van der Waals surface area contributed by atoms with Crippen LogP contribution in [0, 0.1) is 5.82 Å². The summed E-state index contributed by atoms with van der Waals surface area (Å²) >= 11 is 0. The van der Waals surface area contributed by atoms with Crippen molar-refractivity contribution in [2.24, 2.45) is 5.73 Å². The van der Waals surface area contributed by atoms with E-state index in [2.05, 4.69) is 0 Å². The molecule has 1 aliphatic rings. The van der Waals surface area contributed by atoms with Crippen molar-refractivity contribution < 1.29 is 17.5 Å². The number of rotatable bonds is 5. The van der Waals surface area contributed by atoms with Crippen molar-refractivity contribution in [2.75, 3.05) is 13.7 Å². The van der Waals surface area contributed by atoms with E-state index in [9.17, 15) is 12.8 Å². The highest BCUT2D eigenvalue weighted by molar-refractivity contribution is 7.92. The number of ether oxygens (including phenoxy) is 1. The second-order valence-electron chi connectivity index (χ2n) is 5.86. The number of methoxy groups -OCH3 is 1. The third-order valence-electron chi connectivity index (χ3n) is 4.31. The summed E-state index contributed by atoms with van der Waals surface area (Å²) in [7, 11) is -2.16. The normalized spacial score (nSPS) is 26.9. The Balaban J connectivity index is 2.04. The second kappa shape index (κ2) is 5.70. The molecule has 0 radical (unpaired) electrons. The molecule has 1 aliphatic carbocycles. The highest BCUT2D eigenvalue weighted by atomic mass is 32.2. The second-order valence-corrected chi connectivity index (χ2v) is 7.93. The number of benzene rings is 2. The van der Waals surface area contributed by atoms with Gasteiger partial charge in [0.25, 0.3) is 0 Å². The van der Waals surface area contributed by atoms with Gasteiger partial charge >= 0.3 is 0 Å². The monoisotopic (exact) mass is 335 g/mol. The number of nitrogens with two attached hydrogens (primary N) is 1. The molecule has 1 fully saturated rings. The topological polar surface area (TPSA) is 69.4 Å². The van der Waals surface area contributed by atoms with Crippen LogP contribution in [-0.2, 0) is 14.6 Å². The zero-order valence-corrected chi connectivity index (χ0v) is 13.5. The molecule has 0 bridgehead atoms. The smallest absolute Gasteiger partial charge is 0.183 e. The minimum atomic E-state index is -3.63. The van der Waals surface area contributed by atoms with Crippen LogP contribution in [0.4, 0.5) is 4.39 Å². The first-order valence-electron chi connectivity index (χ1n) is 7.23. The van der Waals surface area contributed by atoms with Gasteiger partial charge in [0.05, 0.1) is 22.3 Å². The number of hydrogen-bond donors (Lipinski definition) is 1. The first kappa shape index (κ1) is 16.1. The molecule has 0 heterocycles. The van der Waals surface area contributed by atoms with Crippen molar-refractivity contribution in [3.63, 3.8) is 0 Å². The zero-order chi connectivity index (χ0) is 16.7. The van der Waals surface area contributed by atoms with E-state index in [4.69, 9.17) is 10.5 Å². The summed E-state index contributed by atoms with van der Waals surface area (Å²) in [4.78, 5) is 0.217. The molecule has 0 aromatic heterocycles. The lowest BCUT2D eigenvalue weighted by Crippen LogP contribution is -2.35. The lowest BCUT2D eigenvalue weighted by Gasteiger charge is -2.11. The molecular weight excluding hydrogens is 317 g/mol. The van der Waals surface area contributed by atoms with E-state index < -0.39 is 32.4 Å². The van der Waals surface area contributed by atoms with Crippen LogP contribution in [0.5, 0.6) is 0 Å². The van der Waals surface area contributed by atoms with E-state index >= 15 is 0 Å². The van der Waals surface area contributed by atoms with Gasteiger partial charge in [-0.3, -0.25) is 0 Å². The summed E-state index contributed by atoms with van der Waals surface area (Å²) in [6.07, 6.45) is 0. The fraction of sp³-hybridized carbons (Fsp3) is 0.294. The molecule has 23 heavy (non-hydrogen) atoms. The molecular formula is C17H18FNO3S. The van der Waals surface area contributed by atoms with E-state index in [0.717, 1.165) is 0 Å². The Morgan fingerprint density at radius 3 is 2.48 bits per heavy atom. The Bertz CT molecular complexity index is 810. The van der Waals surface area contributed by atoms with Gasteiger partial charge < -0.3 is 10.5 Å². The van der Waals surface area contributed by atoms with Crippen LogP contribution in [0.15, 0.2) is 59.5 Å². The van der Waals surface area contributed by atoms with Gasteiger partial charge in [-0.1, -0.05) is 30.3 Å². The lowest BCUT2D eigenvalue weighted by molar-refractivity contribution is 0.171. The average Bonchev–Trinajstić information content (AvgIpc) is 3.15. The highest BCUT2D eigenvalue weighted by Crippen LogP contribution is 2.55. The summed E-state index contributed by atoms with van der Waals surface area (Å²) < 4.78 is 44.5. The Hall–Kier alpha value is -1.76. The summed E-state index contributed by atoms with van der Waals surface area (Å²) in [6, 6.07) is 14.1. The van der Waals surface area contributed by atoms with Crippen molar-refractivity contribution in [1.29, 1.82) is 0 Å². The Kier molecular flexibility index (Phi) is 4.00. The quantitative estimate of drug-likeness (QED) is 0.908. The van der Waals surface area contributed by atoms with Crippen molar-refractivity contribution >= 4 is 9.84 Å². The zero-order valence-electron chi connectivity index (χ0n) is 12.6. The maximum absolute atomic E-state index is 13.5. The maximum Gasteiger partial charge on any atom is 0.183 e. The molecule has 3 atom stereocenters. The summed E-state index contributed by atoms with van der Waals surface area (Å²) in [6.45, 7) is 0.0882. The standard InChI is InChI=1S/C17H18FNO3S/c1-22-11-17(19)15(12-6-5-7-13(18)10-12)16(17)23(20,21)14-8-3-2-4-9-14/h2-10,15-16H,11,19H2,1H3/t15-,16+,17-/m0/s1. The van der Waals surface area contributed by atoms with Gasteiger partial charge in [-0.2, -0.15) is 0 Å². The van der Waals surface area contributed by atoms with Crippen LogP contribution in [0.25, 0.3) is 0 Å². The van der Waals surface area contributed by atoms with Crippen LogP contribution in [0.3, 0.4) is 0 Å². The van der Waals surface area contributed by atoms with Crippen molar-refractivity contribution in [3.8, 4) is 0 Å². The molecule has 0 saturated heterocycles. The van der Waals surface area contributed by atoms with E-state index in [0.29, 0.717) is 5.56 Å². The predicted molar refractivity (Wildman–Crippen MR) is 85.4 cm³/mol. The van der Waals surface area contributed by atoms with Gasteiger partial charge in [0, 0.05) is 13.0 Å². The van der Waals surface area contributed by atoms with E-state index in [1.54, 1.807) is 42.5 Å². The van der Waals surface area contributed by atoms with Gasteiger partial charge in [-0.05, 0) is 29.8 Å². The SMILES string of the molecule is COC[C@@]1(N)[C@H](S(=O)(=O)c2ccccc2)[C@@H]1c1cccc(F)c1. The van der Waals surface area contributed by atoms with Gasteiger partial charge in [0.15, 0.2) is 9.84 Å². The van der Waals surface area contributed by atoms with Crippen LogP contribution in [-0.4, -0.2) is 32.9 Å². The summed E-state index contributed by atoms with van der Waals surface area (Å²) in [5, 5.41) is -0.834. The van der Waals surface area contributed by atoms with Crippen molar-refractivity contribution in [1.82, 2.24) is 0 Å². The number of hydrogen-bond acceptors (Lipinski definition) is 4. The molecule has 0 spiro atoms. The highest BCUT2D eigenvalue weighted by Gasteiger charge is 2.69. The molecule has 0 aliphatic heterocycles. The summed E-state index contributed by atoms with van der Waals surface area (Å²) in [5.41, 5.74) is 5.84.